The van der Waals surface area contributed by atoms with Gasteiger partial charge in [0.05, 0.1) is 29.6 Å². The lowest BCUT2D eigenvalue weighted by Crippen LogP contribution is -2.08. The van der Waals surface area contributed by atoms with E-state index >= 15 is 0 Å². The molecule has 5 rings (SSSR count). The van der Waals surface area contributed by atoms with Gasteiger partial charge >= 0.3 is 0 Å². The zero-order valence-electron chi connectivity index (χ0n) is 14.8. The van der Waals surface area contributed by atoms with Crippen LogP contribution in [0.5, 0.6) is 17.4 Å². The van der Waals surface area contributed by atoms with Gasteiger partial charge in [-0.25, -0.2) is 4.98 Å². The zero-order valence-corrected chi connectivity index (χ0v) is 14.8. The van der Waals surface area contributed by atoms with Gasteiger partial charge in [0.1, 0.15) is 17.2 Å². The lowest BCUT2D eigenvalue weighted by atomic mass is 9.97. The van der Waals surface area contributed by atoms with Gasteiger partial charge in [-0.2, -0.15) is 0 Å². The summed E-state index contributed by atoms with van der Waals surface area (Å²) in [5.41, 5.74) is 2.09. The first kappa shape index (κ1) is 16.5. The molecule has 0 saturated heterocycles. The minimum atomic E-state index is -0.458. The predicted molar refractivity (Wildman–Crippen MR) is 101 cm³/mol. The topological polar surface area (TPSA) is 99.4 Å². The minimum Gasteiger partial charge on any atom is -0.492 e. The number of nitrogens with zero attached hydrogens (tertiary/aromatic N) is 3. The molecule has 140 valence electrons. The maximum atomic E-state index is 11.1. The quantitative estimate of drug-likeness (QED) is 0.522. The van der Waals surface area contributed by atoms with Crippen molar-refractivity contribution < 1.29 is 14.4 Å². The number of ether oxygens (including phenoxy) is 2. The summed E-state index contributed by atoms with van der Waals surface area (Å²) in [6.07, 6.45) is 6.58. The average Bonchev–Trinajstić information content (AvgIpc) is 3.39. The third-order valence-corrected chi connectivity index (χ3v) is 5.10. The van der Waals surface area contributed by atoms with Crippen molar-refractivity contribution >= 4 is 17.1 Å². The Bertz CT molecular complexity index is 1060. The Morgan fingerprint density at radius 3 is 2.82 bits per heavy atom. The fourth-order valence-corrected chi connectivity index (χ4v) is 3.50. The molecule has 1 aliphatic heterocycles. The molecule has 0 amide bonds. The minimum absolute atomic E-state index is 0.0510. The zero-order chi connectivity index (χ0) is 19.1. The molecule has 1 spiro atoms. The van der Waals surface area contributed by atoms with Crippen LogP contribution in [0.2, 0.25) is 0 Å². The van der Waals surface area contributed by atoms with Gasteiger partial charge in [-0.1, -0.05) is 6.07 Å². The van der Waals surface area contributed by atoms with E-state index in [1.807, 2.05) is 18.2 Å². The van der Waals surface area contributed by atoms with Gasteiger partial charge in [-0.3, -0.25) is 15.1 Å². The molecule has 28 heavy (non-hydrogen) atoms. The van der Waals surface area contributed by atoms with Crippen LogP contribution >= 0.6 is 0 Å². The average molecular weight is 376 g/mol. The van der Waals surface area contributed by atoms with Crippen LogP contribution in [0, 0.1) is 10.1 Å². The molecular formula is C20H16N4O4. The van der Waals surface area contributed by atoms with Crippen molar-refractivity contribution in [1.29, 1.82) is 0 Å². The van der Waals surface area contributed by atoms with Crippen LogP contribution < -0.4 is 14.8 Å². The molecule has 1 fully saturated rings. The molecule has 3 aromatic rings. The van der Waals surface area contributed by atoms with Crippen molar-refractivity contribution in [2.75, 3.05) is 11.9 Å². The third kappa shape index (κ3) is 2.79. The largest absolute Gasteiger partial charge is 0.492 e. The highest BCUT2D eigenvalue weighted by atomic mass is 16.6. The van der Waals surface area contributed by atoms with Crippen LogP contribution in [0.4, 0.5) is 17.1 Å². The maximum absolute atomic E-state index is 11.1. The molecule has 3 heterocycles. The van der Waals surface area contributed by atoms with E-state index in [0.29, 0.717) is 23.9 Å². The molecule has 1 aromatic carbocycles. The molecule has 0 unspecified atom stereocenters. The van der Waals surface area contributed by atoms with Crippen LogP contribution in [-0.2, 0) is 5.41 Å². The number of hydrogen-bond donors (Lipinski definition) is 1. The van der Waals surface area contributed by atoms with Gasteiger partial charge in [0, 0.05) is 29.3 Å². The summed E-state index contributed by atoms with van der Waals surface area (Å²) in [6.45, 7) is 0.711. The summed E-state index contributed by atoms with van der Waals surface area (Å²) < 4.78 is 11.8. The summed E-state index contributed by atoms with van der Waals surface area (Å²) >= 11 is 0. The molecule has 8 heteroatoms. The van der Waals surface area contributed by atoms with Crippen molar-refractivity contribution in [2.24, 2.45) is 0 Å². The third-order valence-electron chi connectivity index (χ3n) is 5.10. The van der Waals surface area contributed by atoms with Gasteiger partial charge in [-0.15, -0.1) is 0 Å². The molecule has 0 atom stereocenters. The number of pyridine rings is 2. The first-order valence-corrected chi connectivity index (χ1v) is 8.90. The number of nitro groups is 1. The maximum Gasteiger partial charge on any atom is 0.295 e. The van der Waals surface area contributed by atoms with E-state index in [-0.39, 0.29) is 11.1 Å². The highest BCUT2D eigenvalue weighted by Gasteiger charge is 2.52. The smallest absolute Gasteiger partial charge is 0.295 e. The standard InChI is InChI=1S/C20H16N4O4/c25-24(26)15-6-9-21-11-14(15)23-13-4-5-18(22-10-13)28-17-3-1-2-16-19(17)20(7-8-20)12-27-16/h1-6,9-11,23H,7-8,12H2. The van der Waals surface area contributed by atoms with Crippen molar-refractivity contribution in [2.45, 2.75) is 18.3 Å². The van der Waals surface area contributed by atoms with E-state index in [1.54, 1.807) is 18.3 Å². The van der Waals surface area contributed by atoms with Crippen LogP contribution in [0.1, 0.15) is 18.4 Å². The second-order valence-electron chi connectivity index (χ2n) is 6.96. The summed E-state index contributed by atoms with van der Waals surface area (Å²) in [6, 6.07) is 10.6. The van der Waals surface area contributed by atoms with Crippen molar-refractivity contribution in [1.82, 2.24) is 9.97 Å². The first-order chi connectivity index (χ1) is 13.6. The number of hydrogen-bond acceptors (Lipinski definition) is 7. The molecule has 1 saturated carbocycles. The lowest BCUT2D eigenvalue weighted by molar-refractivity contribution is -0.384. The van der Waals surface area contributed by atoms with Crippen molar-refractivity contribution in [3.05, 3.63) is 70.7 Å². The van der Waals surface area contributed by atoms with E-state index < -0.39 is 4.92 Å². The highest BCUT2D eigenvalue weighted by molar-refractivity contribution is 5.67. The fraction of sp³-hybridized carbons (Fsp3) is 0.200. The Balaban J connectivity index is 1.36. The predicted octanol–water partition coefficient (Wildman–Crippen LogP) is 4.34. The van der Waals surface area contributed by atoms with Gasteiger partial charge < -0.3 is 14.8 Å². The van der Waals surface area contributed by atoms with Crippen LogP contribution in [0.15, 0.2) is 55.0 Å². The Kier molecular flexibility index (Phi) is 3.65. The van der Waals surface area contributed by atoms with Crippen molar-refractivity contribution in [3.63, 3.8) is 0 Å². The Hall–Kier alpha value is -3.68. The number of benzene rings is 1. The van der Waals surface area contributed by atoms with E-state index in [2.05, 4.69) is 15.3 Å². The van der Waals surface area contributed by atoms with Gasteiger partial charge in [0.25, 0.3) is 5.69 Å². The Labute approximate surface area is 160 Å². The van der Waals surface area contributed by atoms with Crippen LogP contribution in [-0.4, -0.2) is 21.5 Å². The van der Waals surface area contributed by atoms with Crippen LogP contribution in [0.25, 0.3) is 0 Å². The molecule has 1 aliphatic carbocycles. The number of fused-ring (bicyclic) bond motifs is 2. The Morgan fingerprint density at radius 1 is 1.18 bits per heavy atom. The number of nitrogens with one attached hydrogen (secondary N) is 1. The van der Waals surface area contributed by atoms with Crippen molar-refractivity contribution in [3.8, 4) is 17.4 Å². The number of aromatic nitrogens is 2. The molecular weight excluding hydrogens is 360 g/mol. The highest BCUT2D eigenvalue weighted by Crippen LogP contribution is 2.58. The lowest BCUT2D eigenvalue weighted by Gasteiger charge is -2.12. The Morgan fingerprint density at radius 2 is 2.07 bits per heavy atom. The molecule has 0 radical (unpaired) electrons. The molecule has 2 aromatic heterocycles. The van der Waals surface area contributed by atoms with E-state index in [1.165, 1.54) is 18.5 Å². The fourth-order valence-electron chi connectivity index (χ4n) is 3.50. The second-order valence-corrected chi connectivity index (χ2v) is 6.96. The summed E-state index contributed by atoms with van der Waals surface area (Å²) in [5, 5.41) is 14.1. The molecule has 0 bridgehead atoms. The normalized spacial score (nSPS) is 15.6. The van der Waals surface area contributed by atoms with Gasteiger partial charge in [-0.05, 0) is 31.0 Å². The number of rotatable bonds is 5. The summed E-state index contributed by atoms with van der Waals surface area (Å²) in [5.74, 6) is 2.10. The summed E-state index contributed by atoms with van der Waals surface area (Å²) in [4.78, 5) is 18.9. The van der Waals surface area contributed by atoms with Gasteiger partial charge in [0.2, 0.25) is 5.88 Å². The first-order valence-electron chi connectivity index (χ1n) is 8.90. The summed E-state index contributed by atoms with van der Waals surface area (Å²) in [7, 11) is 0. The molecule has 1 N–H and O–H groups in total. The van der Waals surface area contributed by atoms with E-state index in [9.17, 15) is 10.1 Å². The SMILES string of the molecule is O=[N+]([O-])c1ccncc1Nc1ccc(Oc2cccc3c2C2(CC2)CO3)nc1. The molecule has 2 aliphatic rings. The van der Waals surface area contributed by atoms with E-state index in [0.717, 1.165) is 29.9 Å². The van der Waals surface area contributed by atoms with E-state index in [4.69, 9.17) is 9.47 Å². The molecule has 8 nitrogen and oxygen atoms in total. The monoisotopic (exact) mass is 376 g/mol. The van der Waals surface area contributed by atoms with Crippen LogP contribution in [0.3, 0.4) is 0 Å². The second kappa shape index (κ2) is 6.19. The van der Waals surface area contributed by atoms with Gasteiger partial charge in [0.15, 0.2) is 0 Å². The number of anilines is 2.